The SMILES string of the molecule is CC(C)(CN1CCCCC1COc1ccc(-c2ccc(C(=O)N3C[C@H](O)C[C@H]3C(N)=O)cc2F)nc1)C(F)(F)F. The Morgan fingerprint density at radius 1 is 1.18 bits per heavy atom. The van der Waals surface area contributed by atoms with Crippen molar-refractivity contribution in [1.29, 1.82) is 0 Å². The number of alkyl halides is 3. The van der Waals surface area contributed by atoms with Crippen LogP contribution in [-0.2, 0) is 4.79 Å². The second-order valence-electron chi connectivity index (χ2n) is 11.2. The lowest BCUT2D eigenvalue weighted by Crippen LogP contribution is -2.50. The Labute approximate surface area is 230 Å². The van der Waals surface area contributed by atoms with Crippen LogP contribution in [0.2, 0.25) is 0 Å². The van der Waals surface area contributed by atoms with Crippen LogP contribution in [0, 0.1) is 11.2 Å². The van der Waals surface area contributed by atoms with Crippen molar-refractivity contribution in [3.8, 4) is 17.0 Å². The lowest BCUT2D eigenvalue weighted by Gasteiger charge is -2.41. The molecule has 8 nitrogen and oxygen atoms in total. The van der Waals surface area contributed by atoms with Crippen molar-refractivity contribution in [3.05, 3.63) is 47.9 Å². The third-order valence-electron chi connectivity index (χ3n) is 7.65. The second kappa shape index (κ2) is 11.7. The van der Waals surface area contributed by atoms with Gasteiger partial charge in [-0.3, -0.25) is 19.5 Å². The number of carbonyl (C=O) groups excluding carboxylic acids is 2. The van der Waals surface area contributed by atoms with Crippen LogP contribution in [0.4, 0.5) is 17.6 Å². The number of hydrogen-bond donors (Lipinski definition) is 2. The van der Waals surface area contributed by atoms with E-state index >= 15 is 4.39 Å². The summed E-state index contributed by atoms with van der Waals surface area (Å²) in [5.41, 5.74) is 3.94. The highest BCUT2D eigenvalue weighted by Gasteiger charge is 2.48. The van der Waals surface area contributed by atoms with Gasteiger partial charge in [0.25, 0.3) is 5.91 Å². The minimum absolute atomic E-state index is 0.00675. The molecule has 0 aliphatic carbocycles. The van der Waals surface area contributed by atoms with Gasteiger partial charge in [-0.05, 0) is 63.6 Å². The molecule has 0 bridgehead atoms. The minimum atomic E-state index is -4.31. The molecule has 1 unspecified atom stereocenters. The largest absolute Gasteiger partial charge is 0.490 e. The monoisotopic (exact) mass is 566 g/mol. The van der Waals surface area contributed by atoms with Gasteiger partial charge in [0.1, 0.15) is 24.2 Å². The summed E-state index contributed by atoms with van der Waals surface area (Å²) < 4.78 is 61.1. The van der Waals surface area contributed by atoms with Crippen LogP contribution in [0.3, 0.4) is 0 Å². The first-order valence-electron chi connectivity index (χ1n) is 13.2. The number of aliphatic hydroxyl groups is 1. The number of β-amino-alcohol motifs (C(OH)–C–C–N with tert-alkyl or cyclic N) is 1. The van der Waals surface area contributed by atoms with Gasteiger partial charge in [-0.1, -0.05) is 6.42 Å². The van der Waals surface area contributed by atoms with E-state index in [1.807, 2.05) is 4.90 Å². The highest BCUT2D eigenvalue weighted by molar-refractivity contribution is 5.98. The Kier molecular flexibility index (Phi) is 8.69. The van der Waals surface area contributed by atoms with Gasteiger partial charge in [0.2, 0.25) is 5.91 Å². The van der Waals surface area contributed by atoms with E-state index in [1.54, 1.807) is 12.1 Å². The van der Waals surface area contributed by atoms with Crippen LogP contribution >= 0.6 is 0 Å². The summed E-state index contributed by atoms with van der Waals surface area (Å²) >= 11 is 0. The summed E-state index contributed by atoms with van der Waals surface area (Å²) in [6.45, 7) is 3.01. The number of carbonyl (C=O) groups is 2. The number of likely N-dealkylation sites (tertiary alicyclic amines) is 2. The van der Waals surface area contributed by atoms with Crippen LogP contribution in [-0.4, -0.2) is 82.3 Å². The van der Waals surface area contributed by atoms with Gasteiger partial charge >= 0.3 is 6.18 Å². The predicted octanol–water partition coefficient (Wildman–Crippen LogP) is 3.77. The molecule has 3 heterocycles. The van der Waals surface area contributed by atoms with E-state index in [2.05, 4.69) is 4.98 Å². The molecule has 2 aliphatic heterocycles. The van der Waals surface area contributed by atoms with Gasteiger partial charge in [-0.15, -0.1) is 0 Å². The van der Waals surface area contributed by atoms with Crippen LogP contribution in [0.1, 0.15) is 49.9 Å². The molecule has 12 heteroatoms. The number of halogens is 4. The van der Waals surface area contributed by atoms with E-state index in [-0.39, 0.29) is 43.3 Å². The Bertz CT molecular complexity index is 1220. The smallest absolute Gasteiger partial charge is 0.395 e. The number of hydrogen-bond acceptors (Lipinski definition) is 6. The molecule has 0 radical (unpaired) electrons. The van der Waals surface area contributed by atoms with Crippen molar-refractivity contribution >= 4 is 11.8 Å². The second-order valence-corrected chi connectivity index (χ2v) is 11.2. The molecule has 2 saturated heterocycles. The van der Waals surface area contributed by atoms with Gasteiger partial charge in [0.05, 0.1) is 23.4 Å². The molecule has 40 heavy (non-hydrogen) atoms. The Hall–Kier alpha value is -3.25. The van der Waals surface area contributed by atoms with Gasteiger partial charge < -0.3 is 20.5 Å². The maximum absolute atomic E-state index is 15.0. The summed E-state index contributed by atoms with van der Waals surface area (Å²) in [6, 6.07) is 5.90. The molecule has 3 atom stereocenters. The number of nitrogens with two attached hydrogens (primary N) is 1. The summed E-state index contributed by atoms with van der Waals surface area (Å²) in [5.74, 6) is -1.65. The molecule has 1 aromatic heterocycles. The zero-order valence-corrected chi connectivity index (χ0v) is 22.5. The first-order chi connectivity index (χ1) is 18.8. The lowest BCUT2D eigenvalue weighted by atomic mass is 9.89. The standard InChI is InChI=1S/C28H34F4N4O4/c1-27(2,28(30,31)32)16-35-10-4-3-5-18(35)15-40-20-7-9-23(34-13-20)21-8-6-17(11-22(21)29)26(39)36-14-19(37)12-24(36)25(33)38/h6-9,11,13,18-19,24,37H,3-5,10,12,14-16H2,1-2H3,(H2,33,38)/t18?,19-,24+/m1/s1. The topological polar surface area (TPSA) is 109 Å². The van der Waals surface area contributed by atoms with E-state index in [0.29, 0.717) is 18.0 Å². The maximum atomic E-state index is 15.0. The number of rotatable bonds is 8. The van der Waals surface area contributed by atoms with Crippen LogP contribution in [0.5, 0.6) is 5.75 Å². The average molecular weight is 567 g/mol. The minimum Gasteiger partial charge on any atom is -0.490 e. The number of benzene rings is 1. The molecule has 2 fully saturated rings. The van der Waals surface area contributed by atoms with Crippen LogP contribution in [0.25, 0.3) is 11.3 Å². The fourth-order valence-corrected chi connectivity index (χ4v) is 5.20. The fourth-order valence-electron chi connectivity index (χ4n) is 5.20. The summed E-state index contributed by atoms with van der Waals surface area (Å²) in [6.07, 6.45) is -1.27. The molecular weight excluding hydrogens is 532 g/mol. The summed E-state index contributed by atoms with van der Waals surface area (Å²) in [7, 11) is 0. The first-order valence-corrected chi connectivity index (χ1v) is 13.2. The zero-order chi connectivity index (χ0) is 29.2. The van der Waals surface area contributed by atoms with Gasteiger partial charge in [0, 0.05) is 36.7 Å². The Morgan fingerprint density at radius 3 is 2.55 bits per heavy atom. The Balaban J connectivity index is 1.40. The van der Waals surface area contributed by atoms with E-state index in [4.69, 9.17) is 10.5 Å². The van der Waals surface area contributed by atoms with Crippen molar-refractivity contribution in [3.63, 3.8) is 0 Å². The molecular formula is C28H34F4N4O4. The highest BCUT2D eigenvalue weighted by Crippen LogP contribution is 2.39. The van der Waals surface area contributed by atoms with Crippen LogP contribution in [0.15, 0.2) is 36.5 Å². The van der Waals surface area contributed by atoms with Gasteiger partial charge in [-0.25, -0.2) is 4.39 Å². The van der Waals surface area contributed by atoms with E-state index < -0.39 is 41.4 Å². The molecule has 0 spiro atoms. The molecule has 2 aliphatic rings. The third kappa shape index (κ3) is 6.55. The Morgan fingerprint density at radius 2 is 1.93 bits per heavy atom. The van der Waals surface area contributed by atoms with Crippen molar-refractivity contribution in [2.45, 2.75) is 63.9 Å². The maximum Gasteiger partial charge on any atom is 0.395 e. The number of piperidine rings is 1. The molecule has 0 saturated carbocycles. The summed E-state index contributed by atoms with van der Waals surface area (Å²) in [4.78, 5) is 31.7. The average Bonchev–Trinajstić information content (AvgIpc) is 3.29. The summed E-state index contributed by atoms with van der Waals surface area (Å²) in [5, 5.41) is 9.85. The molecule has 2 aromatic rings. The van der Waals surface area contributed by atoms with E-state index in [1.165, 1.54) is 32.2 Å². The van der Waals surface area contributed by atoms with Gasteiger partial charge in [0.15, 0.2) is 0 Å². The number of ether oxygens (including phenoxy) is 1. The lowest BCUT2D eigenvalue weighted by molar-refractivity contribution is -0.219. The predicted molar refractivity (Wildman–Crippen MR) is 139 cm³/mol. The van der Waals surface area contributed by atoms with Crippen molar-refractivity contribution in [1.82, 2.24) is 14.8 Å². The normalized spacial score (nSPS) is 22.4. The number of aliphatic hydroxyl groups excluding tert-OH is 1. The quantitative estimate of drug-likeness (QED) is 0.471. The number of amides is 2. The van der Waals surface area contributed by atoms with Crippen LogP contribution < -0.4 is 10.5 Å². The molecule has 1 aromatic carbocycles. The van der Waals surface area contributed by atoms with E-state index in [0.717, 1.165) is 30.2 Å². The van der Waals surface area contributed by atoms with E-state index in [9.17, 15) is 27.9 Å². The zero-order valence-electron chi connectivity index (χ0n) is 22.5. The highest BCUT2D eigenvalue weighted by atomic mass is 19.4. The molecule has 4 rings (SSSR count). The van der Waals surface area contributed by atoms with Crippen molar-refractivity contribution in [2.24, 2.45) is 11.1 Å². The third-order valence-corrected chi connectivity index (χ3v) is 7.65. The number of aromatic nitrogens is 1. The molecule has 218 valence electrons. The van der Waals surface area contributed by atoms with Gasteiger partial charge in [-0.2, -0.15) is 13.2 Å². The number of primary amides is 1. The number of pyridine rings is 1. The molecule has 2 amide bonds. The van der Waals surface area contributed by atoms with Crippen molar-refractivity contribution in [2.75, 3.05) is 26.2 Å². The van der Waals surface area contributed by atoms with Crippen molar-refractivity contribution < 1.29 is 37.0 Å². The fraction of sp³-hybridized carbons (Fsp3) is 0.536. The molecule has 3 N–H and O–H groups in total. The first kappa shape index (κ1) is 29.7. The number of nitrogens with zero attached hydrogens (tertiary/aromatic N) is 3.